The maximum absolute atomic E-state index is 5.54. The minimum Gasteiger partial charge on any atom is -0.389 e. The molecule has 1 aromatic rings. The Morgan fingerprint density at radius 3 is 2.47 bits per heavy atom. The predicted molar refractivity (Wildman–Crippen MR) is 75.2 cm³/mol. The lowest BCUT2D eigenvalue weighted by molar-refractivity contribution is 0.618. The molecule has 4 heteroatoms. The van der Waals surface area contributed by atoms with Crippen LogP contribution in [-0.4, -0.2) is 16.0 Å². The first-order chi connectivity index (χ1) is 8.25. The Kier molecular flexibility index (Phi) is 4.31. The fourth-order valence-electron chi connectivity index (χ4n) is 2.26. The number of nitrogens with two attached hydrogens (primary N) is 1. The minimum atomic E-state index is 0.401. The summed E-state index contributed by atoms with van der Waals surface area (Å²) in [6, 6.07) is 4.45. The molecule has 0 spiro atoms. The number of hydrogen-bond donors (Lipinski definition) is 2. The standard InChI is InChI=1S/C13H19N3S/c14-13(17)10-7-8-12(15-9-10)16-11-5-3-1-2-4-6-11/h7-9,11H,1-6H2,(H2,14,17)(H,15,16). The van der Waals surface area contributed by atoms with Crippen molar-refractivity contribution in [1.82, 2.24) is 4.98 Å². The smallest absolute Gasteiger partial charge is 0.126 e. The van der Waals surface area contributed by atoms with Crippen LogP contribution in [0.5, 0.6) is 0 Å². The number of thiocarbonyl (C=S) groups is 1. The third-order valence-electron chi connectivity index (χ3n) is 3.26. The molecule has 1 aliphatic carbocycles. The SMILES string of the molecule is NC(=S)c1ccc(NC2CCCCCC2)nc1. The molecule has 1 aliphatic rings. The lowest BCUT2D eigenvalue weighted by Crippen LogP contribution is -2.19. The van der Waals surface area contributed by atoms with Crippen molar-refractivity contribution in [3.05, 3.63) is 23.9 Å². The summed E-state index contributed by atoms with van der Waals surface area (Å²) >= 11 is 4.90. The zero-order valence-electron chi connectivity index (χ0n) is 9.98. The van der Waals surface area contributed by atoms with Gasteiger partial charge in [-0.3, -0.25) is 0 Å². The van der Waals surface area contributed by atoms with E-state index < -0.39 is 0 Å². The van der Waals surface area contributed by atoms with E-state index in [2.05, 4.69) is 10.3 Å². The van der Waals surface area contributed by atoms with Gasteiger partial charge in [0.2, 0.25) is 0 Å². The van der Waals surface area contributed by atoms with Gasteiger partial charge in [-0.05, 0) is 25.0 Å². The van der Waals surface area contributed by atoms with Crippen LogP contribution < -0.4 is 11.1 Å². The van der Waals surface area contributed by atoms with Gasteiger partial charge in [0.15, 0.2) is 0 Å². The van der Waals surface area contributed by atoms with E-state index in [9.17, 15) is 0 Å². The van der Waals surface area contributed by atoms with Crippen molar-refractivity contribution in [1.29, 1.82) is 0 Å². The second kappa shape index (κ2) is 5.96. The first-order valence-corrected chi connectivity index (χ1v) is 6.69. The summed E-state index contributed by atoms with van der Waals surface area (Å²) in [7, 11) is 0. The van der Waals surface area contributed by atoms with Gasteiger partial charge in [-0.2, -0.15) is 0 Å². The van der Waals surface area contributed by atoms with Gasteiger partial charge in [0.1, 0.15) is 10.8 Å². The van der Waals surface area contributed by atoms with Crippen LogP contribution in [0.1, 0.15) is 44.1 Å². The molecule has 2 rings (SSSR count). The molecule has 3 N–H and O–H groups in total. The highest BCUT2D eigenvalue weighted by atomic mass is 32.1. The summed E-state index contributed by atoms with van der Waals surface area (Å²) in [6.07, 6.45) is 9.61. The van der Waals surface area contributed by atoms with E-state index in [0.717, 1.165) is 11.4 Å². The molecule has 0 saturated heterocycles. The van der Waals surface area contributed by atoms with Crippen molar-refractivity contribution in [3.8, 4) is 0 Å². The normalized spacial score (nSPS) is 17.4. The van der Waals surface area contributed by atoms with Crippen molar-refractivity contribution in [2.75, 3.05) is 5.32 Å². The van der Waals surface area contributed by atoms with E-state index in [1.807, 2.05) is 12.1 Å². The largest absolute Gasteiger partial charge is 0.389 e. The van der Waals surface area contributed by atoms with E-state index in [0.29, 0.717) is 11.0 Å². The zero-order chi connectivity index (χ0) is 12.1. The van der Waals surface area contributed by atoms with Crippen molar-refractivity contribution in [2.24, 2.45) is 5.73 Å². The van der Waals surface area contributed by atoms with Gasteiger partial charge in [0, 0.05) is 17.8 Å². The highest BCUT2D eigenvalue weighted by Gasteiger charge is 2.12. The van der Waals surface area contributed by atoms with Gasteiger partial charge in [0.25, 0.3) is 0 Å². The molecule has 0 aliphatic heterocycles. The Hall–Kier alpha value is -1.16. The average Bonchev–Trinajstić information content (AvgIpc) is 2.58. The monoisotopic (exact) mass is 249 g/mol. The van der Waals surface area contributed by atoms with Crippen LogP contribution in [0.2, 0.25) is 0 Å². The number of rotatable bonds is 3. The van der Waals surface area contributed by atoms with E-state index in [1.54, 1.807) is 6.20 Å². The Morgan fingerprint density at radius 2 is 1.94 bits per heavy atom. The van der Waals surface area contributed by atoms with Gasteiger partial charge >= 0.3 is 0 Å². The average molecular weight is 249 g/mol. The van der Waals surface area contributed by atoms with Crippen LogP contribution in [0.15, 0.2) is 18.3 Å². The van der Waals surface area contributed by atoms with E-state index in [1.165, 1.54) is 38.5 Å². The molecule has 1 aromatic heterocycles. The summed E-state index contributed by atoms with van der Waals surface area (Å²) in [5, 5.41) is 3.49. The van der Waals surface area contributed by atoms with Gasteiger partial charge < -0.3 is 11.1 Å². The molecule has 0 bridgehead atoms. The number of hydrogen-bond acceptors (Lipinski definition) is 3. The summed E-state index contributed by atoms with van der Waals surface area (Å²) < 4.78 is 0. The Bertz CT molecular complexity index is 367. The first-order valence-electron chi connectivity index (χ1n) is 6.28. The van der Waals surface area contributed by atoms with Gasteiger partial charge in [-0.1, -0.05) is 37.9 Å². The molecule has 0 unspecified atom stereocenters. The van der Waals surface area contributed by atoms with Crippen LogP contribution >= 0.6 is 12.2 Å². The van der Waals surface area contributed by atoms with E-state index in [-0.39, 0.29) is 0 Å². The molecular weight excluding hydrogens is 230 g/mol. The molecule has 0 radical (unpaired) electrons. The van der Waals surface area contributed by atoms with Crippen LogP contribution in [-0.2, 0) is 0 Å². The van der Waals surface area contributed by atoms with Gasteiger partial charge in [-0.25, -0.2) is 4.98 Å². The molecule has 17 heavy (non-hydrogen) atoms. The molecule has 0 amide bonds. The molecule has 1 saturated carbocycles. The summed E-state index contributed by atoms with van der Waals surface area (Å²) in [5.74, 6) is 0.928. The van der Waals surface area contributed by atoms with Crippen LogP contribution in [0, 0.1) is 0 Å². The lowest BCUT2D eigenvalue weighted by atomic mass is 10.1. The summed E-state index contributed by atoms with van der Waals surface area (Å²) in [5.41, 5.74) is 6.37. The Labute approximate surface area is 108 Å². The quantitative estimate of drug-likeness (QED) is 0.639. The second-order valence-corrected chi connectivity index (χ2v) is 5.07. The molecule has 1 fully saturated rings. The minimum absolute atomic E-state index is 0.401. The topological polar surface area (TPSA) is 50.9 Å². The summed E-state index contributed by atoms with van der Waals surface area (Å²) in [4.78, 5) is 4.75. The Morgan fingerprint density at radius 1 is 1.24 bits per heavy atom. The molecule has 0 atom stereocenters. The number of aromatic nitrogens is 1. The first kappa shape index (κ1) is 12.3. The fraction of sp³-hybridized carbons (Fsp3) is 0.538. The number of nitrogens with one attached hydrogen (secondary N) is 1. The predicted octanol–water partition coefficient (Wildman–Crippen LogP) is 2.85. The number of pyridine rings is 1. The highest BCUT2D eigenvalue weighted by molar-refractivity contribution is 7.80. The fourth-order valence-corrected chi connectivity index (χ4v) is 2.38. The van der Waals surface area contributed by atoms with Crippen molar-refractivity contribution in [2.45, 2.75) is 44.6 Å². The van der Waals surface area contributed by atoms with Crippen LogP contribution in [0.4, 0.5) is 5.82 Å². The maximum Gasteiger partial charge on any atom is 0.126 e. The number of anilines is 1. The summed E-state index contributed by atoms with van der Waals surface area (Å²) in [6.45, 7) is 0. The zero-order valence-corrected chi connectivity index (χ0v) is 10.8. The van der Waals surface area contributed by atoms with E-state index >= 15 is 0 Å². The lowest BCUT2D eigenvalue weighted by Gasteiger charge is -2.16. The second-order valence-electron chi connectivity index (χ2n) is 4.63. The third-order valence-corrected chi connectivity index (χ3v) is 3.49. The molecule has 1 heterocycles. The molecule has 3 nitrogen and oxygen atoms in total. The van der Waals surface area contributed by atoms with Crippen molar-refractivity contribution in [3.63, 3.8) is 0 Å². The van der Waals surface area contributed by atoms with E-state index in [4.69, 9.17) is 18.0 Å². The van der Waals surface area contributed by atoms with Crippen molar-refractivity contribution >= 4 is 23.0 Å². The molecular formula is C13H19N3S. The van der Waals surface area contributed by atoms with Gasteiger partial charge in [-0.15, -0.1) is 0 Å². The van der Waals surface area contributed by atoms with Crippen molar-refractivity contribution < 1.29 is 0 Å². The Balaban J connectivity index is 1.95. The highest BCUT2D eigenvalue weighted by Crippen LogP contribution is 2.20. The van der Waals surface area contributed by atoms with Gasteiger partial charge in [0.05, 0.1) is 0 Å². The third kappa shape index (κ3) is 3.66. The van der Waals surface area contributed by atoms with Crippen LogP contribution in [0.3, 0.4) is 0 Å². The number of nitrogens with zero attached hydrogens (tertiary/aromatic N) is 1. The molecule has 0 aromatic carbocycles. The van der Waals surface area contributed by atoms with Crippen LogP contribution in [0.25, 0.3) is 0 Å². The maximum atomic E-state index is 5.54. The molecule has 92 valence electrons.